The summed E-state index contributed by atoms with van der Waals surface area (Å²) in [5.74, 6) is 0.432. The summed E-state index contributed by atoms with van der Waals surface area (Å²) in [5.41, 5.74) is 3.43. The van der Waals surface area contributed by atoms with Gasteiger partial charge in [0.2, 0.25) is 0 Å². The smallest absolute Gasteiger partial charge is 0.368 e. The number of benzene rings is 2. The number of hydrogen-bond acceptors (Lipinski definition) is 5. The second-order valence-electron chi connectivity index (χ2n) is 6.64. The van der Waals surface area contributed by atoms with E-state index in [2.05, 4.69) is 15.4 Å². The predicted molar refractivity (Wildman–Crippen MR) is 115 cm³/mol. The van der Waals surface area contributed by atoms with Crippen LogP contribution in [-0.4, -0.2) is 24.8 Å². The minimum atomic E-state index is -0.345. The van der Waals surface area contributed by atoms with Crippen LogP contribution in [0.4, 0.5) is 0 Å². The Bertz CT molecular complexity index is 1270. The summed E-state index contributed by atoms with van der Waals surface area (Å²) in [6, 6.07) is 14.5. The van der Waals surface area contributed by atoms with Gasteiger partial charge in [-0.25, -0.2) is 4.79 Å². The van der Waals surface area contributed by atoms with Crippen molar-refractivity contribution in [3.05, 3.63) is 86.4 Å². The quantitative estimate of drug-likeness (QED) is 0.463. The minimum absolute atomic E-state index is 0.171. The molecule has 2 aromatic heterocycles. The molecule has 0 bridgehead atoms. The van der Waals surface area contributed by atoms with Crippen LogP contribution >= 0.6 is 23.2 Å². The van der Waals surface area contributed by atoms with Gasteiger partial charge in [0.15, 0.2) is 0 Å². The molecule has 30 heavy (non-hydrogen) atoms. The molecule has 0 amide bonds. The van der Waals surface area contributed by atoms with Gasteiger partial charge in [0.25, 0.3) is 0 Å². The first-order valence-corrected chi connectivity index (χ1v) is 9.82. The van der Waals surface area contributed by atoms with Crippen LogP contribution in [0.1, 0.15) is 11.1 Å². The predicted octanol–water partition coefficient (Wildman–Crippen LogP) is 4.22. The Kier molecular flexibility index (Phi) is 5.57. The normalized spacial score (nSPS) is 10.9. The minimum Gasteiger partial charge on any atom is -0.487 e. The molecule has 0 aliphatic heterocycles. The third kappa shape index (κ3) is 3.81. The van der Waals surface area contributed by atoms with Crippen LogP contribution < -0.4 is 10.4 Å². The highest BCUT2D eigenvalue weighted by atomic mass is 35.5. The van der Waals surface area contributed by atoms with Gasteiger partial charge >= 0.3 is 5.69 Å². The number of aromatic nitrogens is 5. The van der Waals surface area contributed by atoms with E-state index in [0.717, 1.165) is 22.4 Å². The van der Waals surface area contributed by atoms with Crippen LogP contribution in [0.5, 0.6) is 5.75 Å². The summed E-state index contributed by atoms with van der Waals surface area (Å²) in [5, 5.41) is 8.59. The molecule has 2 aromatic carbocycles. The van der Waals surface area contributed by atoms with Crippen molar-refractivity contribution in [3.8, 4) is 22.7 Å². The molecule has 4 aromatic rings. The molecule has 0 radical (unpaired) electrons. The van der Waals surface area contributed by atoms with Crippen LogP contribution in [0.25, 0.3) is 16.9 Å². The molecule has 0 spiro atoms. The molecule has 7 nitrogen and oxygen atoms in total. The molecule has 0 saturated heterocycles. The van der Waals surface area contributed by atoms with Gasteiger partial charge in [-0.1, -0.05) is 41.4 Å². The van der Waals surface area contributed by atoms with Crippen molar-refractivity contribution in [2.45, 2.75) is 13.5 Å². The van der Waals surface area contributed by atoms with Crippen molar-refractivity contribution in [3.63, 3.8) is 0 Å². The average Bonchev–Trinajstić information content (AvgIpc) is 3.08. The van der Waals surface area contributed by atoms with Gasteiger partial charge in [-0.15, -0.1) is 0 Å². The third-order valence-corrected chi connectivity index (χ3v) is 5.28. The fraction of sp³-hybridized carbons (Fsp3) is 0.143. The largest absolute Gasteiger partial charge is 0.487 e. The number of hydrogen-bond donors (Lipinski definition) is 0. The Morgan fingerprint density at radius 1 is 1.03 bits per heavy atom. The lowest BCUT2D eigenvalue weighted by Gasteiger charge is -2.15. The van der Waals surface area contributed by atoms with Crippen molar-refractivity contribution in [1.82, 2.24) is 24.8 Å². The van der Waals surface area contributed by atoms with E-state index in [4.69, 9.17) is 27.9 Å². The molecule has 2 heterocycles. The lowest BCUT2D eigenvalue weighted by Crippen LogP contribution is -2.23. The Morgan fingerprint density at radius 2 is 1.87 bits per heavy atom. The van der Waals surface area contributed by atoms with Crippen molar-refractivity contribution in [1.29, 1.82) is 0 Å². The van der Waals surface area contributed by atoms with Crippen LogP contribution in [0.3, 0.4) is 0 Å². The Balaban J connectivity index is 1.66. The van der Waals surface area contributed by atoms with E-state index in [-0.39, 0.29) is 12.3 Å². The van der Waals surface area contributed by atoms with Gasteiger partial charge in [0, 0.05) is 30.4 Å². The molecule has 9 heteroatoms. The van der Waals surface area contributed by atoms with Gasteiger partial charge in [0.05, 0.1) is 21.4 Å². The highest BCUT2D eigenvalue weighted by molar-refractivity contribution is 6.36. The molecule has 0 unspecified atom stereocenters. The SMILES string of the molecule is Cc1cccc(-n2nnn(C)c2=O)c1COc1cc(Cl)c(-c2ccccn2)cc1Cl. The highest BCUT2D eigenvalue weighted by Crippen LogP contribution is 2.36. The van der Waals surface area contributed by atoms with E-state index < -0.39 is 0 Å². The number of pyridine rings is 1. The zero-order valence-corrected chi connectivity index (χ0v) is 17.7. The first-order chi connectivity index (χ1) is 14.5. The monoisotopic (exact) mass is 441 g/mol. The summed E-state index contributed by atoms with van der Waals surface area (Å²) in [6.45, 7) is 2.10. The Hall–Kier alpha value is -3.16. The standard InChI is InChI=1S/C21H17Cl2N5O2/c1-13-6-5-8-19(28-21(29)27(2)25-26-28)15(13)12-30-20-11-16(22)14(10-17(20)23)18-7-3-4-9-24-18/h3-11H,12H2,1-2H3. The second kappa shape index (κ2) is 8.30. The number of nitrogens with zero attached hydrogens (tertiary/aromatic N) is 5. The molecule has 0 aliphatic carbocycles. The molecule has 0 N–H and O–H groups in total. The van der Waals surface area contributed by atoms with Crippen LogP contribution in [0.15, 0.2) is 59.5 Å². The molecule has 0 saturated carbocycles. The first kappa shape index (κ1) is 20.1. The van der Waals surface area contributed by atoms with Gasteiger partial charge < -0.3 is 4.74 Å². The summed E-state index contributed by atoms with van der Waals surface area (Å²) in [6.07, 6.45) is 1.69. The van der Waals surface area contributed by atoms with Crippen molar-refractivity contribution in [2.24, 2.45) is 7.05 Å². The van der Waals surface area contributed by atoms with E-state index in [0.29, 0.717) is 21.5 Å². The molecule has 4 rings (SSSR count). The second-order valence-corrected chi connectivity index (χ2v) is 7.45. The fourth-order valence-corrected chi connectivity index (χ4v) is 3.51. The number of ether oxygens (including phenoxy) is 1. The van der Waals surface area contributed by atoms with Crippen molar-refractivity contribution in [2.75, 3.05) is 0 Å². The molecular formula is C21H17Cl2N5O2. The van der Waals surface area contributed by atoms with E-state index in [9.17, 15) is 4.79 Å². The van der Waals surface area contributed by atoms with E-state index in [1.807, 2.05) is 37.3 Å². The number of aryl methyl sites for hydroxylation is 2. The zero-order valence-electron chi connectivity index (χ0n) is 16.2. The summed E-state index contributed by atoms with van der Waals surface area (Å²) >= 11 is 12.9. The molecule has 152 valence electrons. The van der Waals surface area contributed by atoms with Crippen LogP contribution in [-0.2, 0) is 13.7 Å². The lowest BCUT2D eigenvalue weighted by molar-refractivity contribution is 0.305. The van der Waals surface area contributed by atoms with E-state index in [1.165, 1.54) is 9.36 Å². The average molecular weight is 442 g/mol. The maximum Gasteiger partial charge on any atom is 0.368 e. The lowest BCUT2D eigenvalue weighted by atomic mass is 10.1. The fourth-order valence-electron chi connectivity index (χ4n) is 3.05. The van der Waals surface area contributed by atoms with Gasteiger partial charge in [-0.3, -0.25) is 4.98 Å². The van der Waals surface area contributed by atoms with Crippen molar-refractivity contribution < 1.29 is 4.74 Å². The van der Waals surface area contributed by atoms with Gasteiger partial charge in [0.1, 0.15) is 12.4 Å². The Morgan fingerprint density at radius 3 is 2.57 bits per heavy atom. The number of tetrazole rings is 1. The summed E-state index contributed by atoms with van der Waals surface area (Å²) in [4.78, 5) is 16.6. The topological polar surface area (TPSA) is 74.8 Å². The molecule has 0 aliphatic rings. The van der Waals surface area contributed by atoms with E-state index in [1.54, 1.807) is 31.4 Å². The van der Waals surface area contributed by atoms with Gasteiger partial charge in [-0.05, 0) is 47.2 Å². The van der Waals surface area contributed by atoms with Crippen LogP contribution in [0, 0.1) is 6.92 Å². The van der Waals surface area contributed by atoms with Gasteiger partial charge in [-0.2, -0.15) is 9.36 Å². The maximum atomic E-state index is 12.3. The first-order valence-electron chi connectivity index (χ1n) is 9.07. The summed E-state index contributed by atoms with van der Waals surface area (Å²) in [7, 11) is 1.54. The van der Waals surface area contributed by atoms with Crippen molar-refractivity contribution >= 4 is 23.2 Å². The highest BCUT2D eigenvalue weighted by Gasteiger charge is 2.16. The van der Waals surface area contributed by atoms with E-state index >= 15 is 0 Å². The van der Waals surface area contributed by atoms with Crippen LogP contribution in [0.2, 0.25) is 10.0 Å². The Labute approximate surface area is 182 Å². The number of halogens is 2. The molecule has 0 atom stereocenters. The zero-order chi connectivity index (χ0) is 21.3. The summed E-state index contributed by atoms with van der Waals surface area (Å²) < 4.78 is 8.38. The number of rotatable bonds is 5. The molecule has 0 fully saturated rings. The molecular weight excluding hydrogens is 425 g/mol. The maximum absolute atomic E-state index is 12.3. The third-order valence-electron chi connectivity index (χ3n) is 4.67.